The Bertz CT molecular complexity index is 754. The Kier molecular flexibility index (Phi) is 12.1. The Morgan fingerprint density at radius 2 is 1.86 bits per heavy atom. The molecule has 0 unspecified atom stereocenters. The molecule has 29 heavy (non-hydrogen) atoms. The lowest BCUT2D eigenvalue weighted by atomic mass is 10.1. The lowest BCUT2D eigenvalue weighted by Gasteiger charge is -2.15. The monoisotopic (exact) mass is 514 g/mol. The Hall–Kier alpha value is -2.07. The summed E-state index contributed by atoms with van der Waals surface area (Å²) in [5, 5.41) is 6.61. The molecule has 0 atom stereocenters. The number of aryl methyl sites for hydroxylation is 1. The molecule has 8 heteroatoms. The molecule has 0 fully saturated rings. The second-order valence-corrected chi connectivity index (χ2v) is 6.29. The lowest BCUT2D eigenvalue weighted by molar-refractivity contribution is 0.171. The third kappa shape index (κ3) is 8.86. The molecular formula is C21H31IN4O3. The van der Waals surface area contributed by atoms with Gasteiger partial charge in [-0.15, -0.1) is 24.0 Å². The summed E-state index contributed by atoms with van der Waals surface area (Å²) in [5.74, 6) is 2.20. The molecule has 2 aromatic rings. The van der Waals surface area contributed by atoms with E-state index in [9.17, 15) is 0 Å². The van der Waals surface area contributed by atoms with Gasteiger partial charge in [0.1, 0.15) is 5.75 Å². The van der Waals surface area contributed by atoms with Crippen LogP contribution in [-0.2, 0) is 17.8 Å². The predicted octanol–water partition coefficient (Wildman–Crippen LogP) is 3.30. The summed E-state index contributed by atoms with van der Waals surface area (Å²) >= 11 is 0. The summed E-state index contributed by atoms with van der Waals surface area (Å²) in [7, 11) is 5.05. The van der Waals surface area contributed by atoms with Crippen LogP contribution in [0, 0.1) is 6.92 Å². The Morgan fingerprint density at radius 3 is 2.52 bits per heavy atom. The number of pyridine rings is 1. The molecule has 1 aromatic carbocycles. The fourth-order valence-electron chi connectivity index (χ4n) is 2.55. The average molecular weight is 514 g/mol. The number of hydrogen-bond acceptors (Lipinski definition) is 5. The average Bonchev–Trinajstić information content (AvgIpc) is 2.73. The van der Waals surface area contributed by atoms with Gasteiger partial charge in [0, 0.05) is 58.1 Å². The molecule has 0 amide bonds. The van der Waals surface area contributed by atoms with E-state index in [0.29, 0.717) is 38.1 Å². The number of methoxy groups -OCH3 is 2. The molecule has 1 aromatic heterocycles. The number of aromatic nitrogens is 1. The van der Waals surface area contributed by atoms with Gasteiger partial charge in [-0.05, 0) is 24.1 Å². The molecule has 0 saturated heterocycles. The van der Waals surface area contributed by atoms with Crippen molar-refractivity contribution in [3.63, 3.8) is 0 Å². The van der Waals surface area contributed by atoms with Gasteiger partial charge in [0.2, 0.25) is 5.88 Å². The number of rotatable bonds is 10. The van der Waals surface area contributed by atoms with Crippen molar-refractivity contribution in [3.05, 3.63) is 53.2 Å². The van der Waals surface area contributed by atoms with E-state index < -0.39 is 0 Å². The van der Waals surface area contributed by atoms with Gasteiger partial charge in [-0.25, -0.2) is 4.98 Å². The van der Waals surface area contributed by atoms with E-state index >= 15 is 0 Å². The number of halogens is 1. The van der Waals surface area contributed by atoms with Crippen LogP contribution in [0.2, 0.25) is 0 Å². The topological polar surface area (TPSA) is 77.0 Å². The molecule has 1 heterocycles. The zero-order valence-corrected chi connectivity index (χ0v) is 19.9. The number of nitrogens with one attached hydrogen (secondary N) is 2. The minimum Gasteiger partial charge on any atom is -0.493 e. The van der Waals surface area contributed by atoms with Crippen molar-refractivity contribution in [1.29, 1.82) is 0 Å². The van der Waals surface area contributed by atoms with Crippen molar-refractivity contribution >= 4 is 29.9 Å². The molecule has 0 saturated carbocycles. The Balaban J connectivity index is 0.00000420. The third-order valence-electron chi connectivity index (χ3n) is 4.11. The molecule has 0 aliphatic heterocycles. The van der Waals surface area contributed by atoms with Crippen LogP contribution in [0.15, 0.2) is 41.5 Å². The van der Waals surface area contributed by atoms with Gasteiger partial charge in [0.15, 0.2) is 5.96 Å². The molecule has 0 aliphatic rings. The van der Waals surface area contributed by atoms with Crippen molar-refractivity contribution in [2.24, 2.45) is 4.99 Å². The van der Waals surface area contributed by atoms with Gasteiger partial charge in [-0.2, -0.15) is 0 Å². The highest BCUT2D eigenvalue weighted by molar-refractivity contribution is 14.0. The highest BCUT2D eigenvalue weighted by Gasteiger charge is 2.06. The van der Waals surface area contributed by atoms with E-state index in [4.69, 9.17) is 14.2 Å². The van der Waals surface area contributed by atoms with Crippen LogP contribution < -0.4 is 20.1 Å². The van der Waals surface area contributed by atoms with E-state index in [1.165, 1.54) is 5.56 Å². The van der Waals surface area contributed by atoms with E-state index in [0.717, 1.165) is 23.3 Å². The first-order valence-corrected chi connectivity index (χ1v) is 9.31. The normalized spacial score (nSPS) is 10.8. The van der Waals surface area contributed by atoms with Crippen molar-refractivity contribution in [1.82, 2.24) is 15.6 Å². The van der Waals surface area contributed by atoms with Crippen molar-refractivity contribution < 1.29 is 14.2 Å². The fraction of sp³-hybridized carbons (Fsp3) is 0.429. The molecule has 7 nitrogen and oxygen atoms in total. The highest BCUT2D eigenvalue weighted by atomic mass is 127. The number of aliphatic imine (C=N–C) groups is 1. The maximum atomic E-state index is 5.94. The first-order valence-electron chi connectivity index (χ1n) is 9.31. The van der Waals surface area contributed by atoms with E-state index in [1.807, 2.05) is 12.1 Å². The number of nitrogens with zero attached hydrogens (tertiary/aromatic N) is 2. The molecule has 2 rings (SSSR count). The maximum absolute atomic E-state index is 5.94. The van der Waals surface area contributed by atoms with Crippen molar-refractivity contribution in [2.75, 3.05) is 34.5 Å². The van der Waals surface area contributed by atoms with Gasteiger partial charge in [-0.3, -0.25) is 4.99 Å². The van der Waals surface area contributed by atoms with E-state index in [-0.39, 0.29) is 24.0 Å². The second-order valence-electron chi connectivity index (χ2n) is 6.29. The summed E-state index contributed by atoms with van der Waals surface area (Å²) < 4.78 is 16.1. The van der Waals surface area contributed by atoms with Crippen LogP contribution in [0.3, 0.4) is 0 Å². The van der Waals surface area contributed by atoms with Gasteiger partial charge in [-0.1, -0.05) is 18.2 Å². The zero-order chi connectivity index (χ0) is 20.2. The largest absolute Gasteiger partial charge is 0.493 e. The summed E-state index contributed by atoms with van der Waals surface area (Å²) in [4.78, 5) is 8.49. The smallest absolute Gasteiger partial charge is 0.212 e. The van der Waals surface area contributed by atoms with Gasteiger partial charge in [0.25, 0.3) is 0 Å². The summed E-state index contributed by atoms with van der Waals surface area (Å²) in [6.07, 6.45) is 2.64. The van der Waals surface area contributed by atoms with Crippen molar-refractivity contribution in [2.45, 2.75) is 26.4 Å². The van der Waals surface area contributed by atoms with Crippen LogP contribution >= 0.6 is 24.0 Å². The molecule has 2 N–H and O–H groups in total. The molecule has 0 aliphatic carbocycles. The van der Waals surface area contributed by atoms with Gasteiger partial charge >= 0.3 is 0 Å². The van der Waals surface area contributed by atoms with E-state index in [2.05, 4.69) is 45.7 Å². The van der Waals surface area contributed by atoms with Crippen LogP contribution in [0.4, 0.5) is 0 Å². The van der Waals surface area contributed by atoms with Crippen LogP contribution in [0.5, 0.6) is 11.6 Å². The zero-order valence-electron chi connectivity index (χ0n) is 17.5. The Labute approximate surface area is 190 Å². The van der Waals surface area contributed by atoms with Crippen molar-refractivity contribution in [3.8, 4) is 11.6 Å². The standard InChI is InChI=1S/C21H30N4O3.HI/c1-16-6-8-18(19(12-16)28-11-5-10-26-3)15-25-21(22-2)24-14-17-7-9-20(27-4)23-13-17;/h6-9,12-13H,5,10-11,14-15H2,1-4H3,(H2,22,24,25);1H. The second kappa shape index (κ2) is 14.0. The number of ether oxygens (including phenoxy) is 3. The molecular weight excluding hydrogens is 483 g/mol. The predicted molar refractivity (Wildman–Crippen MR) is 126 cm³/mol. The number of hydrogen-bond donors (Lipinski definition) is 2. The number of guanidine groups is 1. The fourth-order valence-corrected chi connectivity index (χ4v) is 2.55. The molecule has 0 bridgehead atoms. The lowest BCUT2D eigenvalue weighted by Crippen LogP contribution is -2.36. The maximum Gasteiger partial charge on any atom is 0.212 e. The minimum absolute atomic E-state index is 0. The summed E-state index contributed by atoms with van der Waals surface area (Å²) in [6, 6.07) is 10.0. The van der Waals surface area contributed by atoms with Gasteiger partial charge < -0.3 is 24.8 Å². The quantitative estimate of drug-likeness (QED) is 0.219. The highest BCUT2D eigenvalue weighted by Crippen LogP contribution is 2.20. The molecule has 0 radical (unpaired) electrons. The molecule has 0 spiro atoms. The summed E-state index contributed by atoms with van der Waals surface area (Å²) in [6.45, 7) is 4.60. The first-order chi connectivity index (χ1) is 13.7. The SMILES string of the molecule is CN=C(NCc1ccc(OC)nc1)NCc1ccc(C)cc1OCCCOC.I. The van der Waals surface area contributed by atoms with Crippen LogP contribution in [0.1, 0.15) is 23.1 Å². The Morgan fingerprint density at radius 1 is 1.07 bits per heavy atom. The van der Waals surface area contributed by atoms with E-state index in [1.54, 1.807) is 27.5 Å². The van der Waals surface area contributed by atoms with Crippen LogP contribution in [0.25, 0.3) is 0 Å². The summed E-state index contributed by atoms with van der Waals surface area (Å²) in [5.41, 5.74) is 3.29. The van der Waals surface area contributed by atoms with Gasteiger partial charge in [0.05, 0.1) is 13.7 Å². The van der Waals surface area contributed by atoms with Crippen LogP contribution in [-0.4, -0.2) is 45.4 Å². The third-order valence-corrected chi connectivity index (χ3v) is 4.11. The minimum atomic E-state index is 0. The first kappa shape index (κ1) is 25.0. The number of benzene rings is 1. The molecule has 160 valence electrons.